The van der Waals surface area contributed by atoms with Crippen molar-refractivity contribution in [2.24, 2.45) is 0 Å². The Morgan fingerprint density at radius 2 is 1.92 bits per heavy atom. The van der Waals surface area contributed by atoms with Gasteiger partial charge in [0.25, 0.3) is 5.91 Å². The lowest BCUT2D eigenvalue weighted by atomic mass is 10.1. The Morgan fingerprint density at radius 3 is 2.58 bits per heavy atom. The molecule has 0 bridgehead atoms. The number of nitrogens with two attached hydrogens (primary N) is 1. The molecule has 0 aliphatic heterocycles. The van der Waals surface area contributed by atoms with Gasteiger partial charge in [-0.05, 0) is 43.7 Å². The Morgan fingerprint density at radius 1 is 1.21 bits per heavy atom. The number of carbonyl (C=O) groups is 1. The van der Waals surface area contributed by atoms with E-state index in [-0.39, 0.29) is 18.5 Å². The summed E-state index contributed by atoms with van der Waals surface area (Å²) >= 11 is 12.2. The predicted octanol–water partition coefficient (Wildman–Crippen LogP) is 3.84. The standard InChI is InChI=1S/C17H16Cl2F2N2O/c1-9-3-5-12(18)17(16(9)19)23-15(24)8-22-10(2)11-4-6-13(20)14(21)7-11/h3-7,10,22H,8H2,1-2H3,(H,23,24)/p+1/t10-/m0/s1. The van der Waals surface area contributed by atoms with Gasteiger partial charge in [-0.1, -0.05) is 29.3 Å². The van der Waals surface area contributed by atoms with Crippen LogP contribution in [0.1, 0.15) is 24.1 Å². The summed E-state index contributed by atoms with van der Waals surface area (Å²) in [6.07, 6.45) is 0. The minimum atomic E-state index is -0.907. The molecule has 7 heteroatoms. The van der Waals surface area contributed by atoms with Gasteiger partial charge >= 0.3 is 0 Å². The summed E-state index contributed by atoms with van der Waals surface area (Å²) in [4.78, 5) is 12.1. The molecular weight excluding hydrogens is 357 g/mol. The van der Waals surface area contributed by atoms with Crippen molar-refractivity contribution in [1.82, 2.24) is 0 Å². The lowest BCUT2D eigenvalue weighted by molar-refractivity contribution is -0.682. The van der Waals surface area contributed by atoms with Gasteiger partial charge in [0, 0.05) is 5.56 Å². The van der Waals surface area contributed by atoms with Gasteiger partial charge in [0.15, 0.2) is 18.2 Å². The highest BCUT2D eigenvalue weighted by Gasteiger charge is 2.16. The maximum absolute atomic E-state index is 13.3. The first-order valence-corrected chi connectivity index (χ1v) is 8.08. The van der Waals surface area contributed by atoms with Crippen molar-refractivity contribution in [1.29, 1.82) is 0 Å². The maximum Gasteiger partial charge on any atom is 0.279 e. The molecule has 0 radical (unpaired) electrons. The summed E-state index contributed by atoms with van der Waals surface area (Å²) in [5.74, 6) is -2.10. The van der Waals surface area contributed by atoms with Crippen LogP contribution < -0.4 is 10.6 Å². The molecule has 3 N–H and O–H groups in total. The van der Waals surface area contributed by atoms with Gasteiger partial charge in [0.1, 0.15) is 6.04 Å². The highest BCUT2D eigenvalue weighted by Crippen LogP contribution is 2.32. The lowest BCUT2D eigenvalue weighted by Crippen LogP contribution is -2.86. The van der Waals surface area contributed by atoms with Crippen LogP contribution in [0.15, 0.2) is 30.3 Å². The smallest absolute Gasteiger partial charge is 0.279 e. The van der Waals surface area contributed by atoms with E-state index in [0.717, 1.165) is 17.7 Å². The number of quaternary nitrogens is 1. The van der Waals surface area contributed by atoms with Gasteiger partial charge in [0.05, 0.1) is 15.7 Å². The zero-order valence-electron chi connectivity index (χ0n) is 13.2. The quantitative estimate of drug-likeness (QED) is 0.821. The Kier molecular flexibility index (Phi) is 6.15. The average molecular weight is 374 g/mol. The topological polar surface area (TPSA) is 45.7 Å². The number of amides is 1. The summed E-state index contributed by atoms with van der Waals surface area (Å²) in [6, 6.07) is 6.90. The van der Waals surface area contributed by atoms with E-state index in [1.54, 1.807) is 24.4 Å². The molecule has 1 atom stereocenters. The van der Waals surface area contributed by atoms with Crippen molar-refractivity contribution < 1.29 is 18.9 Å². The number of halogens is 4. The molecule has 0 spiro atoms. The molecule has 1 amide bonds. The van der Waals surface area contributed by atoms with Crippen molar-refractivity contribution >= 4 is 34.8 Å². The van der Waals surface area contributed by atoms with Gasteiger partial charge in [-0.25, -0.2) is 8.78 Å². The fraction of sp³-hybridized carbons (Fsp3) is 0.235. The van der Waals surface area contributed by atoms with Crippen LogP contribution in [0.2, 0.25) is 10.0 Å². The van der Waals surface area contributed by atoms with E-state index >= 15 is 0 Å². The number of hydrogen-bond donors (Lipinski definition) is 2. The molecule has 2 aromatic carbocycles. The Labute approximate surface area is 149 Å². The van der Waals surface area contributed by atoms with Crippen LogP contribution in [0.5, 0.6) is 0 Å². The second-order valence-corrected chi connectivity index (χ2v) is 6.29. The molecule has 0 fully saturated rings. The Bertz CT molecular complexity index is 768. The van der Waals surface area contributed by atoms with E-state index in [2.05, 4.69) is 5.32 Å². The van der Waals surface area contributed by atoms with Crippen molar-refractivity contribution in [3.8, 4) is 0 Å². The van der Waals surface area contributed by atoms with Crippen LogP contribution in [-0.4, -0.2) is 12.5 Å². The average Bonchev–Trinajstić information content (AvgIpc) is 2.55. The van der Waals surface area contributed by atoms with E-state index < -0.39 is 11.6 Å². The fourth-order valence-corrected chi connectivity index (χ4v) is 2.64. The second kappa shape index (κ2) is 7.92. The monoisotopic (exact) mass is 373 g/mol. The van der Waals surface area contributed by atoms with Crippen LogP contribution in [0.4, 0.5) is 14.5 Å². The first-order chi connectivity index (χ1) is 11.3. The second-order valence-electron chi connectivity index (χ2n) is 5.50. The minimum Gasteiger partial charge on any atom is -0.333 e. The van der Waals surface area contributed by atoms with Gasteiger partial charge in [0.2, 0.25) is 0 Å². The molecule has 0 heterocycles. The van der Waals surface area contributed by atoms with E-state index in [4.69, 9.17) is 23.2 Å². The van der Waals surface area contributed by atoms with Crippen molar-refractivity contribution in [3.63, 3.8) is 0 Å². The van der Waals surface area contributed by atoms with Gasteiger partial charge in [-0.15, -0.1) is 0 Å². The maximum atomic E-state index is 13.3. The molecule has 128 valence electrons. The van der Waals surface area contributed by atoms with Crippen LogP contribution in [-0.2, 0) is 4.79 Å². The highest BCUT2D eigenvalue weighted by atomic mass is 35.5. The SMILES string of the molecule is Cc1ccc(Cl)c(NC(=O)C[NH2+][C@@H](C)c2ccc(F)c(F)c2)c1Cl. The van der Waals surface area contributed by atoms with E-state index in [9.17, 15) is 13.6 Å². The lowest BCUT2D eigenvalue weighted by Gasteiger charge is -2.13. The van der Waals surface area contributed by atoms with E-state index in [1.165, 1.54) is 6.07 Å². The van der Waals surface area contributed by atoms with Crippen LogP contribution in [0.25, 0.3) is 0 Å². The molecule has 0 saturated carbocycles. The first kappa shape index (κ1) is 18.6. The minimum absolute atomic E-state index is 0.0841. The number of carbonyl (C=O) groups excluding carboxylic acids is 1. The van der Waals surface area contributed by atoms with Crippen molar-refractivity contribution in [2.45, 2.75) is 19.9 Å². The molecule has 0 saturated heterocycles. The van der Waals surface area contributed by atoms with Gasteiger partial charge in [-0.3, -0.25) is 4.79 Å². The van der Waals surface area contributed by atoms with Gasteiger partial charge in [-0.2, -0.15) is 0 Å². The summed E-state index contributed by atoms with van der Waals surface area (Å²) in [5, 5.41) is 5.13. The third-order valence-corrected chi connectivity index (χ3v) is 4.48. The molecule has 0 aliphatic carbocycles. The molecule has 2 rings (SSSR count). The summed E-state index contributed by atoms with van der Waals surface area (Å²) in [7, 11) is 0. The molecule has 0 aliphatic rings. The number of aryl methyl sites for hydroxylation is 1. The Hall–Kier alpha value is -1.69. The van der Waals surface area contributed by atoms with Gasteiger partial charge < -0.3 is 10.6 Å². The molecule has 0 aromatic heterocycles. The normalized spacial score (nSPS) is 12.1. The Balaban J connectivity index is 1.98. The molecular formula is C17H17Cl2F2N2O+. The number of benzene rings is 2. The first-order valence-electron chi connectivity index (χ1n) is 7.32. The fourth-order valence-electron chi connectivity index (χ4n) is 2.18. The number of nitrogens with one attached hydrogen (secondary N) is 1. The number of anilines is 1. The highest BCUT2D eigenvalue weighted by molar-refractivity contribution is 6.40. The third kappa shape index (κ3) is 4.44. The van der Waals surface area contributed by atoms with Crippen LogP contribution in [0, 0.1) is 18.6 Å². The molecule has 2 aromatic rings. The zero-order valence-corrected chi connectivity index (χ0v) is 14.7. The van der Waals surface area contributed by atoms with Crippen LogP contribution >= 0.6 is 23.2 Å². The number of hydrogen-bond acceptors (Lipinski definition) is 1. The van der Waals surface area contributed by atoms with Crippen LogP contribution in [0.3, 0.4) is 0 Å². The van der Waals surface area contributed by atoms with E-state index in [1.807, 2.05) is 6.92 Å². The summed E-state index contributed by atoms with van der Waals surface area (Å²) in [5.41, 5.74) is 1.76. The zero-order chi connectivity index (χ0) is 17.9. The molecule has 0 unspecified atom stereocenters. The summed E-state index contributed by atoms with van der Waals surface area (Å²) in [6.45, 7) is 3.69. The predicted molar refractivity (Wildman–Crippen MR) is 91.4 cm³/mol. The largest absolute Gasteiger partial charge is 0.333 e. The third-order valence-electron chi connectivity index (χ3n) is 3.67. The van der Waals surface area contributed by atoms with Crippen molar-refractivity contribution in [2.75, 3.05) is 11.9 Å². The molecule has 3 nitrogen and oxygen atoms in total. The van der Waals surface area contributed by atoms with Crippen molar-refractivity contribution in [3.05, 3.63) is 63.1 Å². The summed E-state index contributed by atoms with van der Waals surface area (Å²) < 4.78 is 26.2. The number of rotatable bonds is 5. The van der Waals surface area contributed by atoms with E-state index in [0.29, 0.717) is 21.3 Å². The molecule has 24 heavy (non-hydrogen) atoms.